The van der Waals surface area contributed by atoms with Gasteiger partial charge in [0.15, 0.2) is 0 Å². The summed E-state index contributed by atoms with van der Waals surface area (Å²) in [7, 11) is 0. The first-order valence-corrected chi connectivity index (χ1v) is 15.5. The second-order valence-electron chi connectivity index (χ2n) is 11.3. The summed E-state index contributed by atoms with van der Waals surface area (Å²) in [6.07, 6.45) is 1.52. The second kappa shape index (κ2) is 15.1. The molecule has 1 aliphatic heterocycles. The van der Waals surface area contributed by atoms with E-state index >= 15 is 0 Å². The van der Waals surface area contributed by atoms with E-state index in [4.69, 9.17) is 16.3 Å². The molecule has 1 aliphatic rings. The number of fused-ring (bicyclic) bond motifs is 1. The average Bonchev–Trinajstić information content (AvgIpc) is 3.19. The normalized spacial score (nSPS) is 17.9. The number of carbonyl (C=O) groups is 2. The van der Waals surface area contributed by atoms with Crippen LogP contribution in [-0.4, -0.2) is 55.5 Å². The molecule has 1 saturated heterocycles. The van der Waals surface area contributed by atoms with Crippen molar-refractivity contribution in [3.8, 4) is 0 Å². The van der Waals surface area contributed by atoms with Crippen LogP contribution in [0, 0.1) is 5.92 Å². The van der Waals surface area contributed by atoms with Crippen LogP contribution in [-0.2, 0) is 16.1 Å². The predicted octanol–water partition coefficient (Wildman–Crippen LogP) is 6.44. The molecule has 3 atom stereocenters. The quantitative estimate of drug-likeness (QED) is 0.184. The van der Waals surface area contributed by atoms with E-state index in [-0.39, 0.29) is 29.7 Å². The molecule has 4 aromatic carbocycles. The van der Waals surface area contributed by atoms with Gasteiger partial charge in [0.1, 0.15) is 0 Å². The first-order chi connectivity index (χ1) is 21.0. The number of rotatable bonds is 12. The van der Waals surface area contributed by atoms with Crippen LogP contribution < -0.4 is 10.6 Å². The molecule has 0 bridgehead atoms. The van der Waals surface area contributed by atoms with E-state index in [0.717, 1.165) is 22.8 Å². The van der Waals surface area contributed by atoms with Crippen LogP contribution in [0.5, 0.6) is 0 Å². The van der Waals surface area contributed by atoms with Crippen LogP contribution in [0.15, 0.2) is 97.1 Å². The molecule has 2 amide bonds. The zero-order valence-electron chi connectivity index (χ0n) is 24.7. The second-order valence-corrected chi connectivity index (χ2v) is 11.8. The average molecular weight is 598 g/mol. The Morgan fingerprint density at radius 1 is 1.00 bits per heavy atom. The Hall–Kier alpha value is -3.71. The number of amides is 2. The summed E-state index contributed by atoms with van der Waals surface area (Å²) in [5, 5.41) is 9.25. The number of nitrogens with zero attached hydrogens (tertiary/aromatic N) is 1. The van der Waals surface area contributed by atoms with Gasteiger partial charge in [0.2, 0.25) is 5.91 Å². The van der Waals surface area contributed by atoms with Gasteiger partial charge in [0.05, 0.1) is 12.6 Å². The molecular weight excluding hydrogens is 558 g/mol. The van der Waals surface area contributed by atoms with Gasteiger partial charge in [0.25, 0.3) is 5.91 Å². The maximum Gasteiger partial charge on any atom is 0.251 e. The Morgan fingerprint density at radius 2 is 1.72 bits per heavy atom. The molecule has 43 heavy (non-hydrogen) atoms. The van der Waals surface area contributed by atoms with E-state index in [1.54, 1.807) is 0 Å². The summed E-state index contributed by atoms with van der Waals surface area (Å²) in [6.45, 7) is 5.48. The third-order valence-corrected chi connectivity index (χ3v) is 8.46. The number of hydrogen-bond acceptors (Lipinski definition) is 4. The fourth-order valence-electron chi connectivity index (χ4n) is 5.73. The van der Waals surface area contributed by atoms with Gasteiger partial charge in [0, 0.05) is 55.2 Å². The molecule has 224 valence electrons. The van der Waals surface area contributed by atoms with Gasteiger partial charge in [-0.2, -0.15) is 0 Å². The van der Waals surface area contributed by atoms with Crippen molar-refractivity contribution in [1.82, 2.24) is 15.5 Å². The SMILES string of the molecule is CC[C@H](CN1C[C@H](CNC(=O)c2ccc3cc(Cl)ccc3c2)CN[C@@H](CCOCc2ccccc2)C1=O)c1ccccc1. The Balaban J connectivity index is 1.24. The van der Waals surface area contributed by atoms with Gasteiger partial charge >= 0.3 is 0 Å². The minimum absolute atomic E-state index is 0.0654. The minimum Gasteiger partial charge on any atom is -0.377 e. The van der Waals surface area contributed by atoms with Crippen LogP contribution in [0.2, 0.25) is 5.02 Å². The number of hydrogen-bond donors (Lipinski definition) is 2. The maximum absolute atomic E-state index is 13.9. The Kier molecular flexibility index (Phi) is 10.8. The molecule has 1 heterocycles. The number of benzene rings is 4. The molecule has 0 radical (unpaired) electrons. The molecule has 0 aromatic heterocycles. The van der Waals surface area contributed by atoms with Crippen molar-refractivity contribution in [1.29, 1.82) is 0 Å². The van der Waals surface area contributed by atoms with Crippen molar-refractivity contribution in [2.75, 3.05) is 32.8 Å². The highest BCUT2D eigenvalue weighted by atomic mass is 35.5. The number of halogens is 1. The molecule has 2 N–H and O–H groups in total. The molecular formula is C36H40ClN3O3. The number of carbonyl (C=O) groups excluding carboxylic acids is 2. The highest BCUT2D eigenvalue weighted by molar-refractivity contribution is 6.31. The van der Waals surface area contributed by atoms with E-state index in [1.165, 1.54) is 5.56 Å². The van der Waals surface area contributed by atoms with Crippen LogP contribution in [0.4, 0.5) is 0 Å². The van der Waals surface area contributed by atoms with Crippen LogP contribution in [0.1, 0.15) is 47.2 Å². The van der Waals surface area contributed by atoms with Crippen molar-refractivity contribution in [3.05, 3.63) is 119 Å². The summed E-state index contributed by atoms with van der Waals surface area (Å²) < 4.78 is 5.94. The summed E-state index contributed by atoms with van der Waals surface area (Å²) in [4.78, 5) is 29.0. The zero-order chi connectivity index (χ0) is 30.0. The fourth-order valence-corrected chi connectivity index (χ4v) is 5.91. The standard InChI is InChI=1S/C36H40ClN3O3/c1-2-28(29-11-7-4-8-12-29)24-40-23-27(21-38-34(36(40)42)17-18-43-25-26-9-5-3-6-10-26)22-39-35(41)32-14-13-31-20-33(37)16-15-30(31)19-32/h3-16,19-20,27-28,34,38H,2,17-18,21-25H2,1H3,(H,39,41)/t27-,28+,34-/m0/s1. The smallest absolute Gasteiger partial charge is 0.251 e. The Labute approximate surface area is 259 Å². The topological polar surface area (TPSA) is 70.7 Å². The molecule has 1 fully saturated rings. The summed E-state index contributed by atoms with van der Waals surface area (Å²) >= 11 is 6.12. The lowest BCUT2D eigenvalue weighted by molar-refractivity contribution is -0.133. The zero-order valence-corrected chi connectivity index (χ0v) is 25.4. The summed E-state index contributed by atoms with van der Waals surface area (Å²) in [6, 6.07) is 31.4. The maximum atomic E-state index is 13.9. The molecule has 5 rings (SSSR count). The van der Waals surface area contributed by atoms with Gasteiger partial charge in [-0.15, -0.1) is 0 Å². The first kappa shape index (κ1) is 30.7. The molecule has 7 heteroatoms. The van der Waals surface area contributed by atoms with Gasteiger partial charge in [-0.25, -0.2) is 0 Å². The molecule has 0 aliphatic carbocycles. The first-order valence-electron chi connectivity index (χ1n) is 15.2. The van der Waals surface area contributed by atoms with Crippen molar-refractivity contribution >= 4 is 34.2 Å². The molecule has 0 saturated carbocycles. The van der Waals surface area contributed by atoms with E-state index < -0.39 is 0 Å². The van der Waals surface area contributed by atoms with Crippen LogP contribution >= 0.6 is 11.6 Å². The number of ether oxygens (including phenoxy) is 1. The van der Waals surface area contributed by atoms with Gasteiger partial charge in [-0.1, -0.05) is 91.3 Å². The summed E-state index contributed by atoms with van der Waals surface area (Å²) in [5.74, 6) is 0.274. The molecule has 4 aromatic rings. The third-order valence-electron chi connectivity index (χ3n) is 8.22. The van der Waals surface area contributed by atoms with Crippen molar-refractivity contribution in [2.45, 2.75) is 38.3 Å². The van der Waals surface area contributed by atoms with Crippen molar-refractivity contribution in [3.63, 3.8) is 0 Å². The third kappa shape index (κ3) is 8.44. The Morgan fingerprint density at radius 3 is 2.49 bits per heavy atom. The predicted molar refractivity (Wildman–Crippen MR) is 173 cm³/mol. The lowest BCUT2D eigenvalue weighted by Crippen LogP contribution is -2.45. The van der Waals surface area contributed by atoms with Crippen LogP contribution in [0.25, 0.3) is 10.8 Å². The van der Waals surface area contributed by atoms with E-state index in [9.17, 15) is 9.59 Å². The van der Waals surface area contributed by atoms with Crippen molar-refractivity contribution < 1.29 is 14.3 Å². The molecule has 0 spiro atoms. The van der Waals surface area contributed by atoms with Gasteiger partial charge < -0.3 is 20.3 Å². The van der Waals surface area contributed by atoms with E-state index in [0.29, 0.717) is 56.4 Å². The summed E-state index contributed by atoms with van der Waals surface area (Å²) in [5.41, 5.74) is 2.96. The van der Waals surface area contributed by atoms with Gasteiger partial charge in [-0.3, -0.25) is 9.59 Å². The lowest BCUT2D eigenvalue weighted by Gasteiger charge is -2.30. The largest absolute Gasteiger partial charge is 0.377 e. The molecule has 0 unspecified atom stereocenters. The minimum atomic E-state index is -0.336. The van der Waals surface area contributed by atoms with Gasteiger partial charge in [-0.05, 0) is 59.0 Å². The highest BCUT2D eigenvalue weighted by Gasteiger charge is 2.32. The monoisotopic (exact) mass is 597 g/mol. The highest BCUT2D eigenvalue weighted by Crippen LogP contribution is 2.24. The lowest BCUT2D eigenvalue weighted by atomic mass is 9.95. The van der Waals surface area contributed by atoms with E-state index in [2.05, 4.69) is 41.8 Å². The van der Waals surface area contributed by atoms with Crippen LogP contribution in [0.3, 0.4) is 0 Å². The van der Waals surface area contributed by atoms with E-state index in [1.807, 2.05) is 77.7 Å². The fraction of sp³-hybridized carbons (Fsp3) is 0.333. The number of nitrogens with one attached hydrogen (secondary N) is 2. The molecule has 6 nitrogen and oxygen atoms in total. The van der Waals surface area contributed by atoms with Crippen molar-refractivity contribution in [2.24, 2.45) is 5.92 Å². The Bertz CT molecular complexity index is 1500.